The number of nitrogens with one attached hydrogen (secondary N) is 1. The summed E-state index contributed by atoms with van der Waals surface area (Å²) in [7, 11) is 0. The number of rotatable bonds is 5. The summed E-state index contributed by atoms with van der Waals surface area (Å²) in [5.41, 5.74) is 1.65. The van der Waals surface area contributed by atoms with Crippen LogP contribution < -0.4 is 10.1 Å². The minimum Gasteiger partial charge on any atom is -0.506 e. The van der Waals surface area contributed by atoms with Crippen molar-refractivity contribution in [3.8, 4) is 28.6 Å². The molecule has 33 heavy (non-hydrogen) atoms. The fraction of sp³-hybridized carbons (Fsp3) is 0.304. The highest BCUT2D eigenvalue weighted by molar-refractivity contribution is 6.30. The number of halogens is 4. The average Bonchev–Trinajstić information content (AvgIpc) is 3.18. The number of aromatic hydroxyl groups is 1. The Morgan fingerprint density at radius 2 is 1.88 bits per heavy atom. The fourth-order valence-corrected chi connectivity index (χ4v) is 3.83. The van der Waals surface area contributed by atoms with Gasteiger partial charge in [0.25, 0.3) is 0 Å². The van der Waals surface area contributed by atoms with Gasteiger partial charge >= 0.3 is 12.1 Å². The zero-order chi connectivity index (χ0) is 23.6. The summed E-state index contributed by atoms with van der Waals surface area (Å²) in [6, 6.07) is 17.0. The van der Waals surface area contributed by atoms with E-state index >= 15 is 0 Å². The predicted molar refractivity (Wildman–Crippen MR) is 114 cm³/mol. The maximum absolute atomic E-state index is 12.5. The number of phenolic OH excluding ortho intramolecular Hbond substituents is 1. The number of carbonyl (C=O) groups excluding carboxylic acids is 1. The molecule has 0 unspecified atom stereocenters. The number of alkyl halides is 3. The highest BCUT2D eigenvalue weighted by Gasteiger charge is 2.40. The molecule has 4 rings (SSSR count). The number of hydrogen-bond acceptors (Lipinski definition) is 4. The molecule has 1 aliphatic carbocycles. The molecule has 0 aliphatic heterocycles. The van der Waals surface area contributed by atoms with E-state index in [1.54, 1.807) is 36.4 Å². The summed E-state index contributed by atoms with van der Waals surface area (Å²) < 4.78 is 44.9. The van der Waals surface area contributed by atoms with Crippen LogP contribution in [0.1, 0.15) is 25.7 Å². The maximum Gasteiger partial charge on any atom is 0.471 e. The minimum atomic E-state index is -4.89. The van der Waals surface area contributed by atoms with Gasteiger partial charge in [-0.25, -0.2) is 4.68 Å². The van der Waals surface area contributed by atoms with Crippen molar-refractivity contribution in [3.63, 3.8) is 0 Å². The summed E-state index contributed by atoms with van der Waals surface area (Å²) in [5, 5.41) is 17.2. The number of benzene rings is 1. The first-order chi connectivity index (χ1) is 15.7. The monoisotopic (exact) mass is 477 g/mol. The highest BCUT2D eigenvalue weighted by atomic mass is 35.5. The van der Waals surface area contributed by atoms with Gasteiger partial charge < -0.3 is 15.2 Å². The first kappa shape index (κ1) is 22.8. The molecule has 10 heteroatoms. The van der Waals surface area contributed by atoms with Crippen molar-refractivity contribution in [3.05, 3.63) is 59.6 Å². The van der Waals surface area contributed by atoms with Crippen LogP contribution in [-0.4, -0.2) is 39.1 Å². The number of nitrogens with zero attached hydrogens (tertiary/aromatic N) is 2. The maximum atomic E-state index is 12.5. The first-order valence-corrected chi connectivity index (χ1v) is 10.6. The Hall–Kier alpha value is -3.38. The van der Waals surface area contributed by atoms with Crippen molar-refractivity contribution in [2.75, 3.05) is 0 Å². The lowest BCUT2D eigenvalue weighted by atomic mass is 9.93. The molecule has 2 N–H and O–H groups in total. The Labute approximate surface area is 192 Å². The van der Waals surface area contributed by atoms with E-state index in [4.69, 9.17) is 16.3 Å². The largest absolute Gasteiger partial charge is 0.506 e. The molecule has 0 bridgehead atoms. The van der Waals surface area contributed by atoms with E-state index in [0.29, 0.717) is 53.5 Å². The Morgan fingerprint density at radius 3 is 2.52 bits per heavy atom. The Morgan fingerprint density at radius 1 is 1.15 bits per heavy atom. The van der Waals surface area contributed by atoms with Crippen LogP contribution in [0.4, 0.5) is 13.2 Å². The molecule has 1 aromatic heterocycles. The third-order valence-corrected chi connectivity index (χ3v) is 5.56. The fourth-order valence-electron chi connectivity index (χ4n) is 3.72. The highest BCUT2D eigenvalue weighted by Crippen LogP contribution is 2.32. The number of para-hydroxylation sites is 2. The molecule has 1 saturated carbocycles. The number of hydrogen-bond donors (Lipinski definition) is 2. The second-order valence-corrected chi connectivity index (χ2v) is 8.08. The van der Waals surface area contributed by atoms with Crippen LogP contribution in [0.25, 0.3) is 16.9 Å². The van der Waals surface area contributed by atoms with Crippen molar-refractivity contribution >= 4 is 17.5 Å². The molecule has 3 aromatic rings. The Balaban J connectivity index is 1.51. The third-order valence-electron chi connectivity index (χ3n) is 5.34. The van der Waals surface area contributed by atoms with Crippen LogP contribution in [0, 0.1) is 12.1 Å². The van der Waals surface area contributed by atoms with Gasteiger partial charge in [0.2, 0.25) is 5.88 Å². The number of ether oxygens (including phenoxy) is 1. The normalized spacial score (nSPS) is 18.4. The molecule has 0 radical (unpaired) electrons. The second-order valence-electron chi connectivity index (χ2n) is 7.68. The van der Waals surface area contributed by atoms with E-state index in [1.807, 2.05) is 5.32 Å². The minimum absolute atomic E-state index is 0.0206. The lowest BCUT2D eigenvalue weighted by Crippen LogP contribution is -2.45. The predicted octanol–water partition coefficient (Wildman–Crippen LogP) is 4.87. The van der Waals surface area contributed by atoms with Crippen LogP contribution in [0.3, 0.4) is 0 Å². The molecule has 172 valence electrons. The van der Waals surface area contributed by atoms with Gasteiger partial charge in [-0.2, -0.15) is 13.2 Å². The SMILES string of the molecule is O=C(NC1CCC(Oc2cc(-c3c#cc(Cl)cc3)n(-c3ccccc3O)n2)CC1)C(F)(F)F. The molecule has 1 fully saturated rings. The average molecular weight is 478 g/mol. The zero-order valence-corrected chi connectivity index (χ0v) is 18.0. The van der Waals surface area contributed by atoms with Gasteiger partial charge in [0.1, 0.15) is 17.5 Å². The van der Waals surface area contributed by atoms with Crippen molar-refractivity contribution in [1.29, 1.82) is 0 Å². The molecule has 1 aliphatic rings. The standard InChI is InChI=1S/C23H19ClF3N3O3/c24-15-7-5-14(6-8-15)19-13-21(29-30(19)18-3-1-2-4-20(18)31)33-17-11-9-16(10-12-17)28-22(32)23(25,26)27/h1-5,7,13,16-17,31H,9-12H2,(H,28,32). The lowest BCUT2D eigenvalue weighted by Gasteiger charge is -2.29. The molecular formula is C23H19ClF3N3O3. The topological polar surface area (TPSA) is 76.4 Å². The van der Waals surface area contributed by atoms with E-state index in [9.17, 15) is 23.1 Å². The van der Waals surface area contributed by atoms with Crippen LogP contribution in [-0.2, 0) is 4.79 Å². The van der Waals surface area contributed by atoms with E-state index in [1.165, 1.54) is 10.7 Å². The number of aromatic nitrogens is 2. The van der Waals surface area contributed by atoms with Gasteiger partial charge in [0, 0.05) is 12.1 Å². The van der Waals surface area contributed by atoms with Crippen molar-refractivity contribution in [1.82, 2.24) is 15.1 Å². The Kier molecular flexibility index (Phi) is 6.38. The Bertz CT molecular complexity index is 1120. The van der Waals surface area contributed by atoms with Crippen molar-refractivity contribution < 1.29 is 27.8 Å². The summed E-state index contributed by atoms with van der Waals surface area (Å²) in [6.07, 6.45) is -3.52. The first-order valence-electron chi connectivity index (χ1n) is 10.2. The number of carbonyl (C=O) groups is 1. The van der Waals surface area contributed by atoms with Crippen molar-refractivity contribution in [2.24, 2.45) is 0 Å². The lowest BCUT2D eigenvalue weighted by molar-refractivity contribution is -0.174. The molecule has 6 nitrogen and oxygen atoms in total. The molecular weight excluding hydrogens is 459 g/mol. The van der Waals surface area contributed by atoms with Crippen LogP contribution >= 0.6 is 11.6 Å². The molecule has 0 atom stereocenters. The van der Waals surface area contributed by atoms with E-state index in [-0.39, 0.29) is 11.9 Å². The summed E-state index contributed by atoms with van der Waals surface area (Å²) >= 11 is 5.92. The van der Waals surface area contributed by atoms with E-state index in [2.05, 4.69) is 17.2 Å². The molecule has 2 aromatic carbocycles. The summed E-state index contributed by atoms with van der Waals surface area (Å²) in [5.74, 6) is -1.61. The van der Waals surface area contributed by atoms with Gasteiger partial charge in [-0.05, 0) is 56.0 Å². The second kappa shape index (κ2) is 9.24. The van der Waals surface area contributed by atoms with Gasteiger partial charge in [0.05, 0.1) is 16.3 Å². The van der Waals surface area contributed by atoms with Crippen LogP contribution in [0.15, 0.2) is 42.5 Å². The summed E-state index contributed by atoms with van der Waals surface area (Å²) in [6.45, 7) is 0. The van der Waals surface area contributed by atoms with Crippen LogP contribution in [0.5, 0.6) is 11.6 Å². The van der Waals surface area contributed by atoms with Crippen LogP contribution in [0.2, 0.25) is 5.02 Å². The third kappa shape index (κ3) is 5.34. The van der Waals surface area contributed by atoms with Gasteiger partial charge in [-0.1, -0.05) is 29.8 Å². The van der Waals surface area contributed by atoms with Gasteiger partial charge in [-0.15, -0.1) is 5.10 Å². The quantitative estimate of drug-likeness (QED) is 0.550. The van der Waals surface area contributed by atoms with Gasteiger partial charge in [-0.3, -0.25) is 4.79 Å². The summed E-state index contributed by atoms with van der Waals surface area (Å²) in [4.78, 5) is 11.1. The molecule has 1 amide bonds. The van der Waals surface area contributed by atoms with Crippen molar-refractivity contribution in [2.45, 2.75) is 44.0 Å². The van der Waals surface area contributed by atoms with Gasteiger partial charge in [0.15, 0.2) is 0 Å². The van der Waals surface area contributed by atoms with E-state index < -0.39 is 18.1 Å². The number of phenols is 1. The molecule has 0 saturated heterocycles. The smallest absolute Gasteiger partial charge is 0.471 e. The molecule has 0 spiro atoms. The number of amides is 1. The van der Waals surface area contributed by atoms with E-state index in [0.717, 1.165) is 0 Å². The zero-order valence-electron chi connectivity index (χ0n) is 17.2. The molecule has 1 heterocycles.